The second-order valence-corrected chi connectivity index (χ2v) is 8.20. The zero-order valence-corrected chi connectivity index (χ0v) is 15.0. The summed E-state index contributed by atoms with van der Waals surface area (Å²) in [6.07, 6.45) is 0.931. The van der Waals surface area contributed by atoms with Crippen LogP contribution in [0.3, 0.4) is 0 Å². The monoisotopic (exact) mass is 326 g/mol. The fourth-order valence-corrected chi connectivity index (χ4v) is 3.64. The standard InChI is InChI=1S/C16H26N2O3S/c1-7-13-8-10-14(11-9-13)16(3,4)17-22(20,21)12(2)15(19)18(5)6/h8-12,17H,7H2,1-6H3/t12-/m0/s1. The first kappa shape index (κ1) is 18.6. The van der Waals surface area contributed by atoms with Crippen LogP contribution < -0.4 is 4.72 Å². The predicted molar refractivity (Wildman–Crippen MR) is 89.1 cm³/mol. The number of carbonyl (C=O) groups is 1. The van der Waals surface area contributed by atoms with Crippen molar-refractivity contribution >= 4 is 15.9 Å². The average molecular weight is 326 g/mol. The minimum absolute atomic E-state index is 0.440. The van der Waals surface area contributed by atoms with E-state index in [2.05, 4.69) is 11.6 Å². The third-order valence-electron chi connectivity index (χ3n) is 3.74. The van der Waals surface area contributed by atoms with Gasteiger partial charge in [-0.2, -0.15) is 0 Å². The first-order chi connectivity index (χ1) is 10.0. The predicted octanol–water partition coefficient (Wildman–Crippen LogP) is 1.88. The minimum Gasteiger partial charge on any atom is -0.348 e. The van der Waals surface area contributed by atoms with Crippen molar-refractivity contribution in [2.45, 2.75) is 44.9 Å². The average Bonchev–Trinajstić information content (AvgIpc) is 2.44. The van der Waals surface area contributed by atoms with E-state index in [1.165, 1.54) is 17.4 Å². The van der Waals surface area contributed by atoms with Crippen molar-refractivity contribution in [2.75, 3.05) is 14.1 Å². The molecule has 1 aromatic carbocycles. The van der Waals surface area contributed by atoms with E-state index in [1.54, 1.807) is 27.9 Å². The largest absolute Gasteiger partial charge is 0.348 e. The number of carbonyl (C=O) groups excluding carboxylic acids is 1. The normalized spacial score (nSPS) is 13.7. The van der Waals surface area contributed by atoms with Gasteiger partial charge in [0.1, 0.15) is 0 Å². The Kier molecular flexibility index (Phi) is 5.76. The molecule has 124 valence electrons. The zero-order valence-electron chi connectivity index (χ0n) is 14.2. The molecule has 0 aromatic heterocycles. The van der Waals surface area contributed by atoms with Crippen LogP contribution in [0.5, 0.6) is 0 Å². The molecule has 0 radical (unpaired) electrons. The van der Waals surface area contributed by atoms with Gasteiger partial charge in [-0.1, -0.05) is 31.2 Å². The van der Waals surface area contributed by atoms with Crippen molar-refractivity contribution in [3.63, 3.8) is 0 Å². The summed E-state index contributed by atoms with van der Waals surface area (Å²) in [6.45, 7) is 7.05. The molecule has 0 spiro atoms. The highest BCUT2D eigenvalue weighted by Crippen LogP contribution is 2.23. The molecule has 0 unspecified atom stereocenters. The van der Waals surface area contributed by atoms with Crippen molar-refractivity contribution in [3.05, 3.63) is 35.4 Å². The Morgan fingerprint density at radius 1 is 1.23 bits per heavy atom. The zero-order chi connectivity index (χ0) is 17.1. The highest BCUT2D eigenvalue weighted by molar-refractivity contribution is 7.90. The van der Waals surface area contributed by atoms with E-state index < -0.39 is 26.7 Å². The number of benzene rings is 1. The first-order valence-corrected chi connectivity index (χ1v) is 8.89. The summed E-state index contributed by atoms with van der Waals surface area (Å²) >= 11 is 0. The molecule has 0 aliphatic carbocycles. The molecule has 1 amide bonds. The van der Waals surface area contributed by atoms with Crippen molar-refractivity contribution in [3.8, 4) is 0 Å². The van der Waals surface area contributed by atoms with Crippen molar-refractivity contribution < 1.29 is 13.2 Å². The number of hydrogen-bond acceptors (Lipinski definition) is 3. The van der Waals surface area contributed by atoms with Gasteiger partial charge in [0.05, 0.1) is 5.54 Å². The Morgan fingerprint density at radius 2 is 1.73 bits per heavy atom. The summed E-state index contributed by atoms with van der Waals surface area (Å²) in [5.74, 6) is -0.440. The molecule has 0 saturated heterocycles. The molecule has 6 heteroatoms. The Hall–Kier alpha value is -1.40. The van der Waals surface area contributed by atoms with Gasteiger partial charge in [0.25, 0.3) is 0 Å². The minimum atomic E-state index is -3.77. The van der Waals surface area contributed by atoms with Crippen LogP contribution in [0.2, 0.25) is 0 Å². The lowest BCUT2D eigenvalue weighted by molar-refractivity contribution is -0.127. The lowest BCUT2D eigenvalue weighted by Crippen LogP contribution is -2.49. The lowest BCUT2D eigenvalue weighted by atomic mass is 9.94. The molecule has 1 aromatic rings. The fraction of sp³-hybridized carbons (Fsp3) is 0.562. The van der Waals surface area contributed by atoms with Gasteiger partial charge < -0.3 is 4.90 Å². The maximum Gasteiger partial charge on any atom is 0.241 e. The second kappa shape index (κ2) is 6.79. The van der Waals surface area contributed by atoms with E-state index in [9.17, 15) is 13.2 Å². The van der Waals surface area contributed by atoms with E-state index in [-0.39, 0.29) is 0 Å². The third kappa shape index (κ3) is 4.30. The third-order valence-corrected chi connectivity index (χ3v) is 5.66. The number of sulfonamides is 1. The van der Waals surface area contributed by atoms with Crippen LogP contribution in [0.25, 0.3) is 0 Å². The van der Waals surface area contributed by atoms with Gasteiger partial charge in [0.15, 0.2) is 5.25 Å². The molecule has 1 N–H and O–H groups in total. The topological polar surface area (TPSA) is 66.5 Å². The van der Waals surface area contributed by atoms with E-state index in [0.29, 0.717) is 0 Å². The van der Waals surface area contributed by atoms with E-state index >= 15 is 0 Å². The molecule has 1 atom stereocenters. The molecular formula is C16H26N2O3S. The van der Waals surface area contributed by atoms with Gasteiger partial charge in [0, 0.05) is 14.1 Å². The van der Waals surface area contributed by atoms with Gasteiger partial charge in [-0.05, 0) is 38.3 Å². The van der Waals surface area contributed by atoms with Crippen LogP contribution in [-0.2, 0) is 26.8 Å². The molecule has 0 heterocycles. The van der Waals surface area contributed by atoms with Crippen molar-refractivity contribution in [2.24, 2.45) is 0 Å². The lowest BCUT2D eigenvalue weighted by Gasteiger charge is -2.29. The number of hydrogen-bond donors (Lipinski definition) is 1. The SMILES string of the molecule is CCc1ccc(C(C)(C)NS(=O)(=O)[C@@H](C)C(=O)N(C)C)cc1. The second-order valence-electron chi connectivity index (χ2n) is 6.20. The Balaban J connectivity index is 3.01. The number of rotatable bonds is 6. The molecule has 0 bridgehead atoms. The highest BCUT2D eigenvalue weighted by Gasteiger charge is 2.34. The number of nitrogens with zero attached hydrogens (tertiary/aromatic N) is 1. The van der Waals surface area contributed by atoms with Gasteiger partial charge in [-0.3, -0.25) is 4.79 Å². The fourth-order valence-electron chi connectivity index (χ4n) is 2.16. The van der Waals surface area contributed by atoms with Crippen molar-refractivity contribution in [1.82, 2.24) is 9.62 Å². The van der Waals surface area contributed by atoms with Crippen LogP contribution in [0, 0.1) is 0 Å². The van der Waals surface area contributed by atoms with Crippen molar-refractivity contribution in [1.29, 1.82) is 0 Å². The molecule has 22 heavy (non-hydrogen) atoms. The summed E-state index contributed by atoms with van der Waals surface area (Å²) in [5.41, 5.74) is 1.27. The van der Waals surface area contributed by atoms with Crippen LogP contribution in [0.4, 0.5) is 0 Å². The van der Waals surface area contributed by atoms with Crippen LogP contribution in [-0.4, -0.2) is 38.6 Å². The van der Waals surface area contributed by atoms with Gasteiger partial charge in [-0.15, -0.1) is 0 Å². The highest BCUT2D eigenvalue weighted by atomic mass is 32.2. The van der Waals surface area contributed by atoms with Gasteiger partial charge in [0.2, 0.25) is 15.9 Å². The summed E-state index contributed by atoms with van der Waals surface area (Å²) < 4.78 is 27.5. The molecule has 1 rings (SSSR count). The van der Waals surface area contributed by atoms with E-state index in [4.69, 9.17) is 0 Å². The molecule has 0 aliphatic heterocycles. The maximum absolute atomic E-state index is 12.4. The van der Waals surface area contributed by atoms with E-state index in [0.717, 1.165) is 12.0 Å². The molecule has 0 fully saturated rings. The van der Waals surface area contributed by atoms with Crippen LogP contribution in [0.1, 0.15) is 38.8 Å². The van der Waals surface area contributed by atoms with Crippen LogP contribution >= 0.6 is 0 Å². The Morgan fingerprint density at radius 3 is 2.14 bits per heavy atom. The molecule has 0 aliphatic rings. The number of amides is 1. The van der Waals surface area contributed by atoms with Gasteiger partial charge >= 0.3 is 0 Å². The van der Waals surface area contributed by atoms with E-state index in [1.807, 2.05) is 24.3 Å². The summed E-state index contributed by atoms with van der Waals surface area (Å²) in [4.78, 5) is 13.2. The summed E-state index contributed by atoms with van der Waals surface area (Å²) in [6, 6.07) is 7.80. The van der Waals surface area contributed by atoms with Gasteiger partial charge in [-0.25, -0.2) is 13.1 Å². The Bertz CT molecular complexity index is 619. The molecular weight excluding hydrogens is 300 g/mol. The van der Waals surface area contributed by atoms with Crippen LogP contribution in [0.15, 0.2) is 24.3 Å². The smallest absolute Gasteiger partial charge is 0.241 e. The number of nitrogens with one attached hydrogen (secondary N) is 1. The quantitative estimate of drug-likeness (QED) is 0.868. The summed E-state index contributed by atoms with van der Waals surface area (Å²) in [5, 5.41) is -1.13. The maximum atomic E-state index is 12.4. The summed E-state index contributed by atoms with van der Waals surface area (Å²) in [7, 11) is -0.678. The molecule has 0 saturated carbocycles. The molecule has 5 nitrogen and oxygen atoms in total. The first-order valence-electron chi connectivity index (χ1n) is 7.34. The Labute approximate surface area is 133 Å². The number of aryl methyl sites for hydroxylation is 1.